The molecule has 0 saturated heterocycles. The number of nitrogens with zero attached hydrogens (tertiary/aromatic N) is 2. The molecule has 0 atom stereocenters. The minimum Gasteiger partial charge on any atom is -0.310 e. The minimum atomic E-state index is 1.10. The molecule has 0 saturated carbocycles. The van der Waals surface area contributed by atoms with E-state index >= 15 is 0 Å². The first-order chi connectivity index (χ1) is 27.8. The van der Waals surface area contributed by atoms with Gasteiger partial charge in [0, 0.05) is 33.2 Å². The van der Waals surface area contributed by atoms with E-state index in [4.69, 9.17) is 0 Å². The summed E-state index contributed by atoms with van der Waals surface area (Å²) in [5.74, 6) is 0. The van der Waals surface area contributed by atoms with Crippen LogP contribution in [0.3, 0.4) is 0 Å². The molecule has 2 heteroatoms. The van der Waals surface area contributed by atoms with E-state index < -0.39 is 0 Å². The molecule has 0 amide bonds. The average molecular weight is 713 g/mol. The summed E-state index contributed by atoms with van der Waals surface area (Å²) in [6.45, 7) is 0. The Labute approximate surface area is 325 Å². The van der Waals surface area contributed by atoms with Crippen LogP contribution in [-0.4, -0.2) is 4.57 Å². The Kier molecular flexibility index (Phi) is 7.53. The predicted molar refractivity (Wildman–Crippen MR) is 239 cm³/mol. The summed E-state index contributed by atoms with van der Waals surface area (Å²) in [6.07, 6.45) is 0. The second kappa shape index (κ2) is 13.2. The van der Waals surface area contributed by atoms with Crippen molar-refractivity contribution in [1.82, 2.24) is 4.57 Å². The number of para-hydroxylation sites is 2. The first-order valence-electron chi connectivity index (χ1n) is 19.3. The normalized spacial score (nSPS) is 11.6. The molecule has 0 unspecified atom stereocenters. The smallest absolute Gasteiger partial charge is 0.0547 e. The van der Waals surface area contributed by atoms with Crippen LogP contribution in [0.25, 0.3) is 82.1 Å². The van der Waals surface area contributed by atoms with Crippen molar-refractivity contribution < 1.29 is 0 Å². The maximum atomic E-state index is 2.41. The molecule has 0 spiro atoms. The van der Waals surface area contributed by atoms with E-state index in [1.807, 2.05) is 0 Å². The van der Waals surface area contributed by atoms with Crippen LogP contribution >= 0.6 is 0 Å². The summed E-state index contributed by atoms with van der Waals surface area (Å²) in [7, 11) is 0. The average Bonchev–Trinajstić information content (AvgIpc) is 3.62. The minimum absolute atomic E-state index is 1.10. The molecule has 0 aliphatic heterocycles. The van der Waals surface area contributed by atoms with Crippen LogP contribution in [0.1, 0.15) is 0 Å². The standard InChI is InChI=1S/C54H36N2/c1-2-17-43(18-3-1)56-52-24-9-8-22-50(52)54-49(23-12-26-53(54)56)41-16-10-19-45(36-41)55(51-25-11-15-38-13-5-7-21-48(38)51)44-32-29-37(30-33-44)40-31-34-47-42(35-40)28-27-39-14-4-6-20-46(39)47/h1-36H. The Bertz CT molecular complexity index is 3240. The third kappa shape index (κ3) is 5.26. The molecular formula is C54H36N2. The molecule has 11 rings (SSSR count). The molecule has 0 fully saturated rings. The molecule has 0 radical (unpaired) electrons. The zero-order valence-electron chi connectivity index (χ0n) is 30.7. The second-order valence-electron chi connectivity index (χ2n) is 14.5. The number of rotatable bonds is 6. The van der Waals surface area contributed by atoms with Gasteiger partial charge in [0.2, 0.25) is 0 Å². The Morgan fingerprint density at radius 2 is 0.946 bits per heavy atom. The van der Waals surface area contributed by atoms with E-state index in [0.717, 1.165) is 22.7 Å². The Morgan fingerprint density at radius 3 is 1.80 bits per heavy atom. The highest BCUT2D eigenvalue weighted by Crippen LogP contribution is 2.43. The monoisotopic (exact) mass is 712 g/mol. The summed E-state index contributed by atoms with van der Waals surface area (Å²) in [6, 6.07) is 79.5. The van der Waals surface area contributed by atoms with Crippen molar-refractivity contribution in [3.8, 4) is 27.9 Å². The van der Waals surface area contributed by atoms with Gasteiger partial charge in [0.25, 0.3) is 0 Å². The van der Waals surface area contributed by atoms with Crippen LogP contribution in [0.4, 0.5) is 17.1 Å². The highest BCUT2D eigenvalue weighted by Gasteiger charge is 2.19. The fourth-order valence-electron chi connectivity index (χ4n) is 8.75. The van der Waals surface area contributed by atoms with Gasteiger partial charge in [-0.05, 0) is 110 Å². The van der Waals surface area contributed by atoms with Crippen LogP contribution in [0, 0.1) is 0 Å². The molecule has 0 bridgehead atoms. The lowest BCUT2D eigenvalue weighted by Gasteiger charge is -2.27. The molecule has 56 heavy (non-hydrogen) atoms. The summed E-state index contributed by atoms with van der Waals surface area (Å²) in [4.78, 5) is 2.41. The fraction of sp³-hybridized carbons (Fsp3) is 0. The van der Waals surface area contributed by atoms with Crippen LogP contribution in [-0.2, 0) is 0 Å². The van der Waals surface area contributed by atoms with Gasteiger partial charge in [0.05, 0.1) is 16.7 Å². The number of hydrogen-bond acceptors (Lipinski definition) is 1. The van der Waals surface area contributed by atoms with Gasteiger partial charge in [0.1, 0.15) is 0 Å². The number of benzene rings is 10. The van der Waals surface area contributed by atoms with Gasteiger partial charge < -0.3 is 9.47 Å². The van der Waals surface area contributed by atoms with Crippen molar-refractivity contribution in [3.63, 3.8) is 0 Å². The summed E-state index contributed by atoms with van der Waals surface area (Å²) >= 11 is 0. The van der Waals surface area contributed by atoms with Crippen molar-refractivity contribution in [2.75, 3.05) is 4.90 Å². The van der Waals surface area contributed by atoms with Crippen molar-refractivity contribution in [2.45, 2.75) is 0 Å². The fourth-order valence-corrected chi connectivity index (χ4v) is 8.75. The lowest BCUT2D eigenvalue weighted by molar-refractivity contribution is 1.18. The van der Waals surface area contributed by atoms with Crippen molar-refractivity contribution >= 4 is 71.2 Å². The Balaban J connectivity index is 1.06. The van der Waals surface area contributed by atoms with E-state index in [0.29, 0.717) is 0 Å². The molecule has 262 valence electrons. The van der Waals surface area contributed by atoms with Crippen LogP contribution in [0.15, 0.2) is 218 Å². The van der Waals surface area contributed by atoms with E-state index in [1.165, 1.54) is 76.4 Å². The Hall–Kier alpha value is -7.42. The van der Waals surface area contributed by atoms with Gasteiger partial charge in [0.15, 0.2) is 0 Å². The molecule has 10 aromatic carbocycles. The largest absolute Gasteiger partial charge is 0.310 e. The molecule has 1 aromatic heterocycles. The number of anilines is 3. The zero-order valence-corrected chi connectivity index (χ0v) is 30.7. The van der Waals surface area contributed by atoms with Crippen molar-refractivity contribution in [2.24, 2.45) is 0 Å². The second-order valence-corrected chi connectivity index (χ2v) is 14.5. The molecule has 0 N–H and O–H groups in total. The van der Waals surface area contributed by atoms with Gasteiger partial charge in [-0.25, -0.2) is 0 Å². The maximum Gasteiger partial charge on any atom is 0.0547 e. The maximum absolute atomic E-state index is 2.41. The van der Waals surface area contributed by atoms with Crippen LogP contribution < -0.4 is 4.90 Å². The summed E-state index contributed by atoms with van der Waals surface area (Å²) in [5.41, 5.74) is 11.7. The molecule has 2 nitrogen and oxygen atoms in total. The van der Waals surface area contributed by atoms with Gasteiger partial charge in [-0.2, -0.15) is 0 Å². The van der Waals surface area contributed by atoms with Gasteiger partial charge in [-0.3, -0.25) is 0 Å². The Morgan fingerprint density at radius 1 is 0.321 bits per heavy atom. The highest BCUT2D eigenvalue weighted by atomic mass is 15.1. The number of fused-ring (bicyclic) bond motifs is 7. The number of aromatic nitrogens is 1. The van der Waals surface area contributed by atoms with Crippen LogP contribution in [0.5, 0.6) is 0 Å². The van der Waals surface area contributed by atoms with E-state index in [2.05, 4.69) is 228 Å². The molecule has 11 aromatic rings. The SMILES string of the molecule is c1ccc(-n2c3ccccc3c3c(-c4cccc(N(c5ccc(-c6ccc7c(ccc8ccccc87)c6)cc5)c5cccc6ccccc56)c4)cccc32)cc1. The lowest BCUT2D eigenvalue weighted by atomic mass is 9.97. The topological polar surface area (TPSA) is 8.17 Å². The van der Waals surface area contributed by atoms with E-state index in [9.17, 15) is 0 Å². The first-order valence-corrected chi connectivity index (χ1v) is 19.3. The molecular weight excluding hydrogens is 677 g/mol. The van der Waals surface area contributed by atoms with Crippen molar-refractivity contribution in [1.29, 1.82) is 0 Å². The van der Waals surface area contributed by atoms with E-state index in [-0.39, 0.29) is 0 Å². The van der Waals surface area contributed by atoms with Gasteiger partial charge in [-0.1, -0.05) is 158 Å². The predicted octanol–water partition coefficient (Wildman–Crippen LogP) is 15.0. The van der Waals surface area contributed by atoms with Crippen molar-refractivity contribution in [3.05, 3.63) is 218 Å². The molecule has 0 aliphatic carbocycles. The van der Waals surface area contributed by atoms with Gasteiger partial charge in [-0.15, -0.1) is 0 Å². The molecule has 0 aliphatic rings. The summed E-state index contributed by atoms with van der Waals surface area (Å²) in [5, 5.41) is 10.0. The van der Waals surface area contributed by atoms with Gasteiger partial charge >= 0.3 is 0 Å². The number of hydrogen-bond donors (Lipinski definition) is 0. The quantitative estimate of drug-likeness (QED) is 0.156. The van der Waals surface area contributed by atoms with E-state index in [1.54, 1.807) is 0 Å². The first kappa shape index (κ1) is 32.0. The van der Waals surface area contributed by atoms with Crippen LogP contribution in [0.2, 0.25) is 0 Å². The third-order valence-corrected chi connectivity index (χ3v) is 11.3. The lowest BCUT2D eigenvalue weighted by Crippen LogP contribution is -2.10. The zero-order chi connectivity index (χ0) is 37.0. The molecule has 1 heterocycles. The highest BCUT2D eigenvalue weighted by molar-refractivity contribution is 6.16. The summed E-state index contributed by atoms with van der Waals surface area (Å²) < 4.78 is 2.39. The third-order valence-electron chi connectivity index (χ3n) is 11.3.